The van der Waals surface area contributed by atoms with Crippen LogP contribution in [0.5, 0.6) is 0 Å². The summed E-state index contributed by atoms with van der Waals surface area (Å²) in [4.78, 5) is 29.1. The first-order chi connectivity index (χ1) is 21.4. The summed E-state index contributed by atoms with van der Waals surface area (Å²) in [6, 6.07) is 26.8. The summed E-state index contributed by atoms with van der Waals surface area (Å²) in [6.45, 7) is 6.17. The van der Waals surface area contributed by atoms with Crippen LogP contribution >= 0.6 is 0 Å². The van der Waals surface area contributed by atoms with E-state index in [1.807, 2.05) is 6.07 Å². The fourth-order valence-corrected chi connectivity index (χ4v) is 6.78. The lowest BCUT2D eigenvalue weighted by molar-refractivity contribution is -0.140. The second-order valence-electron chi connectivity index (χ2n) is 11.4. The van der Waals surface area contributed by atoms with E-state index in [0.29, 0.717) is 45.7 Å². The normalized spacial score (nSPS) is 18.7. The number of carbonyl (C=O) groups is 2. The number of ether oxygens (including phenoxy) is 2. The predicted molar refractivity (Wildman–Crippen MR) is 165 cm³/mol. The van der Waals surface area contributed by atoms with E-state index in [-0.39, 0.29) is 12.0 Å². The number of fused-ring (bicyclic) bond motifs is 1. The average Bonchev–Trinajstić information content (AvgIpc) is 3.55. The molecule has 226 valence electrons. The van der Waals surface area contributed by atoms with Crippen molar-refractivity contribution in [3.8, 4) is 0 Å². The van der Waals surface area contributed by atoms with E-state index in [0.717, 1.165) is 25.9 Å². The molecule has 6 rings (SSSR count). The summed E-state index contributed by atoms with van der Waals surface area (Å²) in [5.41, 5.74) is 6.07. The topological polar surface area (TPSA) is 107 Å². The molecule has 0 amide bonds. The van der Waals surface area contributed by atoms with Crippen molar-refractivity contribution in [3.05, 3.63) is 118 Å². The van der Waals surface area contributed by atoms with Crippen LogP contribution in [0.25, 0.3) is 11.0 Å². The van der Waals surface area contributed by atoms with E-state index in [4.69, 9.17) is 14.1 Å². The van der Waals surface area contributed by atoms with Crippen LogP contribution in [-0.4, -0.2) is 60.5 Å². The van der Waals surface area contributed by atoms with Gasteiger partial charge in [-0.1, -0.05) is 72.8 Å². The first-order valence-corrected chi connectivity index (χ1v) is 14.9. The molecular weight excluding hydrogens is 556 g/mol. The quantitative estimate of drug-likeness (QED) is 0.274. The highest BCUT2D eigenvalue weighted by atomic mass is 16.6. The van der Waals surface area contributed by atoms with Gasteiger partial charge in [0, 0.05) is 23.4 Å². The number of likely N-dealkylation sites (tertiary alicyclic amines) is 1. The molecule has 3 aromatic carbocycles. The Morgan fingerprint density at radius 3 is 2.09 bits per heavy atom. The number of hydrogen-bond acceptors (Lipinski definition) is 9. The molecule has 9 heteroatoms. The zero-order chi connectivity index (χ0) is 30.7. The summed E-state index contributed by atoms with van der Waals surface area (Å²) in [6.07, 6.45) is 1.93. The molecule has 1 N–H and O–H groups in total. The molecule has 1 aromatic heterocycles. The van der Waals surface area contributed by atoms with Crippen LogP contribution in [0.1, 0.15) is 49.3 Å². The van der Waals surface area contributed by atoms with E-state index < -0.39 is 17.9 Å². The maximum Gasteiger partial charge on any atom is 0.336 e. The van der Waals surface area contributed by atoms with E-state index >= 15 is 0 Å². The van der Waals surface area contributed by atoms with Crippen LogP contribution < -0.4 is 5.32 Å². The molecule has 2 aliphatic heterocycles. The van der Waals surface area contributed by atoms with Gasteiger partial charge >= 0.3 is 11.9 Å². The van der Waals surface area contributed by atoms with Crippen LogP contribution in [0.3, 0.4) is 0 Å². The molecule has 1 saturated heterocycles. The van der Waals surface area contributed by atoms with Gasteiger partial charge in [-0.15, -0.1) is 0 Å². The van der Waals surface area contributed by atoms with Gasteiger partial charge in [-0.3, -0.25) is 4.90 Å². The van der Waals surface area contributed by atoms with Gasteiger partial charge in [0.15, 0.2) is 0 Å². The molecule has 3 heterocycles. The zero-order valence-electron chi connectivity index (χ0n) is 25.2. The molecule has 0 radical (unpaired) electrons. The summed E-state index contributed by atoms with van der Waals surface area (Å²) < 4.78 is 16.0. The Balaban J connectivity index is 1.18. The van der Waals surface area contributed by atoms with Crippen molar-refractivity contribution in [2.24, 2.45) is 0 Å². The van der Waals surface area contributed by atoms with Gasteiger partial charge in [-0.25, -0.2) is 14.2 Å². The fraction of sp³-hybridized carbons (Fsp3) is 0.314. The Morgan fingerprint density at radius 1 is 0.864 bits per heavy atom. The molecule has 1 fully saturated rings. The van der Waals surface area contributed by atoms with Crippen molar-refractivity contribution in [1.82, 2.24) is 20.5 Å². The second-order valence-corrected chi connectivity index (χ2v) is 11.4. The van der Waals surface area contributed by atoms with Gasteiger partial charge in [0.05, 0.1) is 24.2 Å². The lowest BCUT2D eigenvalue weighted by atomic mass is 9.68. The Labute approximate surface area is 256 Å². The van der Waals surface area contributed by atoms with Crippen molar-refractivity contribution >= 4 is 23.0 Å². The van der Waals surface area contributed by atoms with Crippen molar-refractivity contribution in [2.45, 2.75) is 38.0 Å². The number of methoxy groups -OCH3 is 1. The molecule has 2 aliphatic rings. The fourth-order valence-electron chi connectivity index (χ4n) is 6.78. The van der Waals surface area contributed by atoms with Crippen LogP contribution in [0.4, 0.5) is 0 Å². The van der Waals surface area contributed by atoms with Crippen LogP contribution in [0.2, 0.25) is 0 Å². The Morgan fingerprint density at radius 2 is 1.48 bits per heavy atom. The maximum absolute atomic E-state index is 13.8. The van der Waals surface area contributed by atoms with Gasteiger partial charge in [-0.05, 0) is 72.8 Å². The van der Waals surface area contributed by atoms with Gasteiger partial charge in [0.25, 0.3) is 0 Å². The number of aromatic nitrogens is 2. The smallest absolute Gasteiger partial charge is 0.336 e. The molecule has 1 atom stereocenters. The minimum Gasteiger partial charge on any atom is -0.466 e. The van der Waals surface area contributed by atoms with Crippen LogP contribution in [-0.2, 0) is 24.5 Å². The Hall–Kier alpha value is -4.76. The number of carbonyl (C=O) groups excluding carboxylic acids is 2. The van der Waals surface area contributed by atoms with E-state index in [9.17, 15) is 9.59 Å². The highest BCUT2D eigenvalue weighted by molar-refractivity contribution is 6.01. The average molecular weight is 593 g/mol. The number of esters is 2. The third kappa shape index (κ3) is 5.39. The van der Waals surface area contributed by atoms with Gasteiger partial charge < -0.3 is 14.8 Å². The first kappa shape index (κ1) is 29.3. The van der Waals surface area contributed by atoms with Crippen molar-refractivity contribution in [1.29, 1.82) is 0 Å². The van der Waals surface area contributed by atoms with Crippen LogP contribution in [0, 0.1) is 0 Å². The van der Waals surface area contributed by atoms with E-state index in [2.05, 4.69) is 81.2 Å². The summed E-state index contributed by atoms with van der Waals surface area (Å²) in [5.74, 6) is -1.80. The largest absolute Gasteiger partial charge is 0.466 e. The maximum atomic E-state index is 13.8. The van der Waals surface area contributed by atoms with Crippen LogP contribution in [0.15, 0.2) is 106 Å². The standard InChI is InChI=1S/C35H36N4O5/c1-23-29(33(40)42-3)31(27-15-10-16-28-32(27)38-44-37-28)30(24(2)36-23)34(41)43-22-21-39-19-17-35(18-20-39,25-11-6-4-7-12-25)26-13-8-5-9-14-26/h4-16,31,36H,17-22H2,1-3H3. The predicted octanol–water partition coefficient (Wildman–Crippen LogP) is 5.26. The molecule has 44 heavy (non-hydrogen) atoms. The third-order valence-corrected chi connectivity index (χ3v) is 9.02. The molecule has 9 nitrogen and oxygen atoms in total. The molecular formula is C35H36N4O5. The summed E-state index contributed by atoms with van der Waals surface area (Å²) >= 11 is 0. The molecule has 0 saturated carbocycles. The summed E-state index contributed by atoms with van der Waals surface area (Å²) in [5, 5.41) is 11.2. The Bertz CT molecular complexity index is 1680. The van der Waals surface area contributed by atoms with Gasteiger partial charge in [0.2, 0.25) is 0 Å². The number of nitrogens with zero attached hydrogens (tertiary/aromatic N) is 3. The van der Waals surface area contributed by atoms with E-state index in [1.54, 1.807) is 26.0 Å². The molecule has 1 unspecified atom stereocenters. The first-order valence-electron chi connectivity index (χ1n) is 14.9. The zero-order valence-corrected chi connectivity index (χ0v) is 25.2. The Kier molecular flexibility index (Phi) is 8.30. The number of nitrogens with one attached hydrogen (secondary N) is 1. The minimum atomic E-state index is -0.765. The number of dihydropyridines is 1. The van der Waals surface area contributed by atoms with Crippen molar-refractivity contribution in [3.63, 3.8) is 0 Å². The molecule has 4 aromatic rings. The lowest BCUT2D eigenvalue weighted by Crippen LogP contribution is -2.44. The number of piperidine rings is 1. The van der Waals surface area contributed by atoms with Crippen molar-refractivity contribution in [2.75, 3.05) is 33.4 Å². The second kappa shape index (κ2) is 12.5. The number of benzene rings is 3. The molecule has 0 aliphatic carbocycles. The lowest BCUT2D eigenvalue weighted by Gasteiger charge is -2.43. The minimum absolute atomic E-state index is 0.0515. The van der Waals surface area contributed by atoms with Gasteiger partial charge in [-0.2, -0.15) is 0 Å². The molecule has 0 spiro atoms. The number of rotatable bonds is 8. The molecule has 0 bridgehead atoms. The summed E-state index contributed by atoms with van der Waals surface area (Å²) in [7, 11) is 1.32. The number of hydrogen-bond donors (Lipinski definition) is 1. The van der Waals surface area contributed by atoms with Gasteiger partial charge in [0.1, 0.15) is 17.6 Å². The third-order valence-electron chi connectivity index (χ3n) is 9.02. The SMILES string of the molecule is COC(=O)C1=C(C)NC(C)=C(C(=O)OCCN2CCC(c3ccccc3)(c3ccccc3)CC2)C1c1cccc2nonc12. The highest BCUT2D eigenvalue weighted by Gasteiger charge is 2.40. The van der Waals surface area contributed by atoms with E-state index in [1.165, 1.54) is 18.2 Å². The highest BCUT2D eigenvalue weighted by Crippen LogP contribution is 2.43. The monoisotopic (exact) mass is 592 g/mol. The number of allylic oxidation sites excluding steroid dienone is 2. The van der Waals surface area contributed by atoms with Crippen molar-refractivity contribution < 1.29 is 23.7 Å².